The van der Waals surface area contributed by atoms with E-state index in [1.54, 1.807) is 15.9 Å². The number of fused-ring (bicyclic) bond motifs is 2. The van der Waals surface area contributed by atoms with Crippen LogP contribution in [-0.4, -0.2) is 30.5 Å². The smallest absolute Gasteiger partial charge is 0.254 e. The molecule has 3 N–H and O–H groups in total. The molecule has 1 aromatic carbocycles. The summed E-state index contributed by atoms with van der Waals surface area (Å²) in [7, 11) is 0. The van der Waals surface area contributed by atoms with E-state index in [-0.39, 0.29) is 18.3 Å². The maximum absolute atomic E-state index is 12.5. The molecule has 0 aliphatic rings. The van der Waals surface area contributed by atoms with Crippen molar-refractivity contribution >= 4 is 44.9 Å². The number of benzene rings is 1. The predicted molar refractivity (Wildman–Crippen MR) is 101 cm³/mol. The van der Waals surface area contributed by atoms with E-state index in [0.717, 1.165) is 37.9 Å². The van der Waals surface area contributed by atoms with Crippen molar-refractivity contribution in [2.45, 2.75) is 27.2 Å². The zero-order valence-corrected chi connectivity index (χ0v) is 15.4. The lowest BCUT2D eigenvalue weighted by Crippen LogP contribution is -2.17. The summed E-state index contributed by atoms with van der Waals surface area (Å²) in [6.45, 7) is 5.70. The molecule has 1 amide bonds. The third-order valence-corrected chi connectivity index (χ3v) is 5.12. The number of hydrogen-bond donors (Lipinski definition) is 2. The van der Waals surface area contributed by atoms with Crippen LogP contribution in [0.15, 0.2) is 18.2 Å². The van der Waals surface area contributed by atoms with Crippen molar-refractivity contribution in [3.63, 3.8) is 0 Å². The van der Waals surface area contributed by atoms with E-state index in [9.17, 15) is 4.79 Å². The first-order valence-electron chi connectivity index (χ1n) is 8.06. The quantitative estimate of drug-likeness (QED) is 0.575. The molecule has 0 fully saturated rings. The van der Waals surface area contributed by atoms with Gasteiger partial charge in [-0.15, -0.1) is 16.4 Å². The number of carbonyl (C=O) groups excluding carboxylic acids is 1. The Hall–Kier alpha value is -3.07. The minimum Gasteiger partial charge on any atom is -0.366 e. The van der Waals surface area contributed by atoms with Crippen LogP contribution < -0.4 is 11.1 Å². The number of anilines is 2. The second kappa shape index (κ2) is 6.03. The van der Waals surface area contributed by atoms with Gasteiger partial charge in [-0.1, -0.05) is 0 Å². The molecule has 8 nitrogen and oxygen atoms in total. The fraction of sp³-hybridized carbons (Fsp3) is 0.235. The molecular weight excluding hydrogens is 350 g/mol. The van der Waals surface area contributed by atoms with E-state index in [1.807, 2.05) is 39.0 Å². The molecule has 0 aliphatic carbocycles. The molecule has 0 saturated heterocycles. The Balaban J connectivity index is 1.60. The lowest BCUT2D eigenvalue weighted by Gasteiger charge is -2.10. The molecular formula is C17H17N7OS. The van der Waals surface area contributed by atoms with Gasteiger partial charge in [0.15, 0.2) is 0 Å². The van der Waals surface area contributed by atoms with Crippen molar-refractivity contribution in [3.05, 3.63) is 40.2 Å². The molecule has 26 heavy (non-hydrogen) atoms. The average Bonchev–Trinajstić information content (AvgIpc) is 3.12. The van der Waals surface area contributed by atoms with Crippen LogP contribution in [0.4, 0.5) is 11.6 Å². The van der Waals surface area contributed by atoms with Crippen molar-refractivity contribution in [1.29, 1.82) is 0 Å². The molecule has 0 spiro atoms. The number of carbonyl (C=O) groups is 1. The van der Waals surface area contributed by atoms with Crippen molar-refractivity contribution in [1.82, 2.24) is 24.6 Å². The second-order valence-electron chi connectivity index (χ2n) is 6.08. The number of nitrogens with zero attached hydrogens (tertiary/aromatic N) is 5. The predicted octanol–water partition coefficient (Wildman–Crippen LogP) is 2.42. The summed E-state index contributed by atoms with van der Waals surface area (Å²) >= 11 is 1.60. The van der Waals surface area contributed by atoms with Crippen molar-refractivity contribution < 1.29 is 4.79 Å². The first kappa shape index (κ1) is 16.4. The number of hydrogen-bond acceptors (Lipinski definition) is 7. The Bertz CT molecular complexity index is 1160. The van der Waals surface area contributed by atoms with Crippen LogP contribution in [0.5, 0.6) is 0 Å². The number of amides is 1. The Labute approximate surface area is 153 Å². The monoisotopic (exact) mass is 367 g/mol. The first-order valence-corrected chi connectivity index (χ1v) is 8.88. The summed E-state index contributed by atoms with van der Waals surface area (Å²) < 4.78 is 2.62. The molecule has 9 heteroatoms. The molecule has 0 aliphatic heterocycles. The van der Waals surface area contributed by atoms with E-state index in [1.165, 1.54) is 0 Å². The van der Waals surface area contributed by atoms with Gasteiger partial charge < -0.3 is 11.1 Å². The number of aromatic nitrogens is 5. The van der Waals surface area contributed by atoms with Gasteiger partial charge in [-0.25, -0.2) is 9.97 Å². The number of thiazole rings is 1. The maximum Gasteiger partial charge on any atom is 0.254 e. The largest absolute Gasteiger partial charge is 0.366 e. The van der Waals surface area contributed by atoms with Gasteiger partial charge in [-0.3, -0.25) is 4.79 Å². The molecule has 4 aromatic rings. The Morgan fingerprint density at radius 1 is 1.23 bits per heavy atom. The highest BCUT2D eigenvalue weighted by atomic mass is 32.1. The number of rotatable bonds is 3. The van der Waals surface area contributed by atoms with E-state index >= 15 is 0 Å². The third-order valence-electron chi connectivity index (χ3n) is 4.18. The van der Waals surface area contributed by atoms with Crippen LogP contribution in [0, 0.1) is 20.8 Å². The number of nitrogens with one attached hydrogen (secondary N) is 1. The van der Waals surface area contributed by atoms with Gasteiger partial charge >= 0.3 is 0 Å². The summed E-state index contributed by atoms with van der Waals surface area (Å²) in [6.07, 6.45) is 0.195. The van der Waals surface area contributed by atoms with E-state index in [2.05, 4.69) is 25.4 Å². The minimum atomic E-state index is -0.119. The molecule has 0 bridgehead atoms. The summed E-state index contributed by atoms with van der Waals surface area (Å²) in [6, 6.07) is 5.71. The zero-order chi connectivity index (χ0) is 18.4. The van der Waals surface area contributed by atoms with Crippen molar-refractivity contribution in [3.8, 4) is 0 Å². The number of nitrogens with two attached hydrogens (primary N) is 1. The van der Waals surface area contributed by atoms with Crippen LogP contribution in [0.3, 0.4) is 0 Å². The highest BCUT2D eigenvalue weighted by Crippen LogP contribution is 2.25. The Morgan fingerprint density at radius 2 is 2.04 bits per heavy atom. The Morgan fingerprint density at radius 3 is 2.85 bits per heavy atom. The van der Waals surface area contributed by atoms with E-state index in [0.29, 0.717) is 5.78 Å². The van der Waals surface area contributed by atoms with Crippen molar-refractivity contribution in [2.24, 2.45) is 0 Å². The molecule has 0 saturated carbocycles. The SMILES string of the molecule is Cc1nc2ccc(NC(=O)Cc3c(C)nc4nc(N)nn4c3C)cc2s1. The summed E-state index contributed by atoms with van der Waals surface area (Å²) in [5, 5.41) is 8.07. The van der Waals surface area contributed by atoms with Gasteiger partial charge in [0.2, 0.25) is 11.9 Å². The standard InChI is InChI=1S/C17H17N7OS/c1-8-12(9(2)24-17(19-8)22-16(18)23-24)7-15(25)21-11-4-5-13-14(6-11)26-10(3)20-13/h4-6H,7H2,1-3H3,(H2,18,23)(H,21,25). The topological polar surface area (TPSA) is 111 Å². The van der Waals surface area contributed by atoms with Crippen LogP contribution in [-0.2, 0) is 11.2 Å². The van der Waals surface area contributed by atoms with Gasteiger partial charge in [-0.05, 0) is 39.0 Å². The molecule has 0 radical (unpaired) electrons. The summed E-state index contributed by atoms with van der Waals surface area (Å²) in [5.41, 5.74) is 9.70. The van der Waals surface area contributed by atoms with Gasteiger partial charge in [-0.2, -0.15) is 9.50 Å². The van der Waals surface area contributed by atoms with E-state index < -0.39 is 0 Å². The van der Waals surface area contributed by atoms with Crippen LogP contribution in [0.25, 0.3) is 16.0 Å². The number of aryl methyl sites for hydroxylation is 3. The van der Waals surface area contributed by atoms with Gasteiger partial charge in [0.05, 0.1) is 21.6 Å². The van der Waals surface area contributed by atoms with Gasteiger partial charge in [0.25, 0.3) is 5.78 Å². The highest BCUT2D eigenvalue weighted by Gasteiger charge is 2.16. The lowest BCUT2D eigenvalue weighted by molar-refractivity contribution is -0.115. The van der Waals surface area contributed by atoms with Crippen LogP contribution in [0.1, 0.15) is 22.0 Å². The summed E-state index contributed by atoms with van der Waals surface area (Å²) in [4.78, 5) is 25.4. The molecule has 0 unspecified atom stereocenters. The zero-order valence-electron chi connectivity index (χ0n) is 14.6. The third kappa shape index (κ3) is 2.86. The Kier molecular flexibility index (Phi) is 3.80. The van der Waals surface area contributed by atoms with Gasteiger partial charge in [0, 0.05) is 22.6 Å². The summed E-state index contributed by atoms with van der Waals surface area (Å²) in [5.74, 6) is 0.480. The van der Waals surface area contributed by atoms with Crippen molar-refractivity contribution in [2.75, 3.05) is 11.1 Å². The molecule has 3 heterocycles. The maximum atomic E-state index is 12.5. The lowest BCUT2D eigenvalue weighted by atomic mass is 10.1. The normalized spacial score (nSPS) is 11.3. The second-order valence-corrected chi connectivity index (χ2v) is 7.32. The molecule has 0 atom stereocenters. The van der Waals surface area contributed by atoms with Crippen LogP contribution in [0.2, 0.25) is 0 Å². The fourth-order valence-electron chi connectivity index (χ4n) is 2.96. The average molecular weight is 367 g/mol. The van der Waals surface area contributed by atoms with Gasteiger partial charge in [0.1, 0.15) is 0 Å². The molecule has 4 rings (SSSR count). The van der Waals surface area contributed by atoms with E-state index in [4.69, 9.17) is 5.73 Å². The molecule has 132 valence electrons. The number of nitrogen functional groups attached to an aromatic ring is 1. The molecule has 3 aromatic heterocycles. The highest BCUT2D eigenvalue weighted by molar-refractivity contribution is 7.18. The van der Waals surface area contributed by atoms with Crippen LogP contribution >= 0.6 is 11.3 Å². The fourth-order valence-corrected chi connectivity index (χ4v) is 3.83. The first-order chi connectivity index (χ1) is 12.4. The minimum absolute atomic E-state index is 0.119.